The lowest BCUT2D eigenvalue weighted by atomic mass is 10.1. The maximum Gasteiger partial charge on any atom is 0.0887 e. The van der Waals surface area contributed by atoms with E-state index in [0.29, 0.717) is 5.02 Å². The Bertz CT molecular complexity index is 507. The largest absolute Gasteiger partial charge is 0.323 e. The molecular weight excluding hydrogens is 341 g/mol. The van der Waals surface area contributed by atoms with E-state index >= 15 is 0 Å². The molecule has 1 heterocycles. The van der Waals surface area contributed by atoms with Crippen LogP contribution in [0, 0.1) is 0 Å². The standard InChI is InChI=1S/C12H10BrCl2NS/c13-12-9(15)6-11(17-12)10(16)5-7-2-1-3-8(14)4-7/h1-4,6,10H,5,16H2. The highest BCUT2D eigenvalue weighted by atomic mass is 79.9. The maximum atomic E-state index is 6.15. The minimum Gasteiger partial charge on any atom is -0.323 e. The van der Waals surface area contributed by atoms with E-state index in [2.05, 4.69) is 15.9 Å². The molecule has 5 heteroatoms. The van der Waals surface area contributed by atoms with E-state index < -0.39 is 0 Å². The normalized spacial score (nSPS) is 12.7. The van der Waals surface area contributed by atoms with Crippen molar-refractivity contribution in [1.82, 2.24) is 0 Å². The molecule has 0 aliphatic heterocycles. The highest BCUT2D eigenvalue weighted by Gasteiger charge is 2.12. The van der Waals surface area contributed by atoms with Crippen LogP contribution in [-0.4, -0.2) is 0 Å². The van der Waals surface area contributed by atoms with Gasteiger partial charge < -0.3 is 5.73 Å². The number of rotatable bonds is 3. The first-order valence-corrected chi connectivity index (χ1v) is 7.37. The van der Waals surface area contributed by atoms with Crippen LogP contribution < -0.4 is 5.73 Å². The number of benzene rings is 1. The molecular formula is C12H10BrCl2NS. The molecule has 0 saturated carbocycles. The zero-order chi connectivity index (χ0) is 12.4. The number of hydrogen-bond donors (Lipinski definition) is 1. The summed E-state index contributed by atoms with van der Waals surface area (Å²) in [4.78, 5) is 1.07. The van der Waals surface area contributed by atoms with Crippen LogP contribution in [-0.2, 0) is 6.42 Å². The average Bonchev–Trinajstić information content (AvgIpc) is 2.59. The van der Waals surface area contributed by atoms with Gasteiger partial charge in [-0.05, 0) is 46.1 Å². The molecule has 90 valence electrons. The van der Waals surface area contributed by atoms with Crippen molar-refractivity contribution in [2.75, 3.05) is 0 Å². The molecule has 2 N–H and O–H groups in total. The quantitative estimate of drug-likeness (QED) is 0.822. The molecule has 0 spiro atoms. The zero-order valence-electron chi connectivity index (χ0n) is 8.79. The summed E-state index contributed by atoms with van der Waals surface area (Å²) in [6, 6.07) is 9.60. The van der Waals surface area contributed by atoms with E-state index in [1.165, 1.54) is 0 Å². The lowest BCUT2D eigenvalue weighted by molar-refractivity contribution is 0.736. The third kappa shape index (κ3) is 3.46. The zero-order valence-corrected chi connectivity index (χ0v) is 12.7. The Labute approximate surface area is 123 Å². The van der Waals surface area contributed by atoms with Gasteiger partial charge in [-0.2, -0.15) is 0 Å². The lowest BCUT2D eigenvalue weighted by Crippen LogP contribution is -2.11. The predicted molar refractivity (Wildman–Crippen MR) is 79.1 cm³/mol. The van der Waals surface area contributed by atoms with Gasteiger partial charge in [0, 0.05) is 15.9 Å². The maximum absolute atomic E-state index is 6.15. The highest BCUT2D eigenvalue weighted by molar-refractivity contribution is 9.11. The van der Waals surface area contributed by atoms with Crippen molar-refractivity contribution in [3.05, 3.63) is 54.6 Å². The second kappa shape index (κ2) is 5.72. The molecule has 0 fully saturated rings. The summed E-state index contributed by atoms with van der Waals surface area (Å²) in [6.45, 7) is 0. The molecule has 2 aromatic rings. The topological polar surface area (TPSA) is 26.0 Å². The minimum absolute atomic E-state index is 0.0535. The second-order valence-corrected chi connectivity index (χ2v) is 6.96. The van der Waals surface area contributed by atoms with Crippen molar-refractivity contribution in [3.8, 4) is 0 Å². The van der Waals surface area contributed by atoms with Gasteiger partial charge >= 0.3 is 0 Å². The summed E-state index contributed by atoms with van der Waals surface area (Å²) < 4.78 is 0.927. The van der Waals surface area contributed by atoms with Gasteiger partial charge in [-0.15, -0.1) is 11.3 Å². The number of halogens is 3. The molecule has 0 radical (unpaired) electrons. The number of thiophene rings is 1. The Balaban J connectivity index is 2.14. The molecule has 1 nitrogen and oxygen atoms in total. The molecule has 0 aliphatic carbocycles. The Morgan fingerprint density at radius 3 is 2.65 bits per heavy atom. The molecule has 0 amide bonds. The summed E-state index contributed by atoms with van der Waals surface area (Å²) in [7, 11) is 0. The van der Waals surface area contributed by atoms with E-state index in [1.54, 1.807) is 11.3 Å². The lowest BCUT2D eigenvalue weighted by Gasteiger charge is -2.09. The molecule has 1 aromatic heterocycles. The van der Waals surface area contributed by atoms with Gasteiger partial charge in [0.2, 0.25) is 0 Å². The van der Waals surface area contributed by atoms with E-state index in [4.69, 9.17) is 28.9 Å². The minimum atomic E-state index is -0.0535. The highest BCUT2D eigenvalue weighted by Crippen LogP contribution is 2.35. The first kappa shape index (κ1) is 13.4. The summed E-state index contributed by atoms with van der Waals surface area (Å²) in [5.41, 5.74) is 7.28. The Hall–Kier alpha value is -0.0600. The van der Waals surface area contributed by atoms with Crippen molar-refractivity contribution in [1.29, 1.82) is 0 Å². The van der Waals surface area contributed by atoms with Gasteiger partial charge in [0.1, 0.15) is 0 Å². The molecule has 0 aliphatic rings. The van der Waals surface area contributed by atoms with Crippen LogP contribution in [0.4, 0.5) is 0 Å². The summed E-state index contributed by atoms with van der Waals surface area (Å²) >= 11 is 16.9. The fourth-order valence-corrected chi connectivity index (χ4v) is 3.53. The Morgan fingerprint density at radius 1 is 1.29 bits per heavy atom. The second-order valence-electron chi connectivity index (χ2n) is 3.71. The molecule has 1 atom stereocenters. The average molecular weight is 351 g/mol. The first-order valence-electron chi connectivity index (χ1n) is 5.01. The Morgan fingerprint density at radius 2 is 2.06 bits per heavy atom. The molecule has 2 rings (SSSR count). The van der Waals surface area contributed by atoms with Crippen LogP contribution in [0.25, 0.3) is 0 Å². The van der Waals surface area contributed by atoms with E-state index in [1.807, 2.05) is 30.3 Å². The number of hydrogen-bond acceptors (Lipinski definition) is 2. The fraction of sp³-hybridized carbons (Fsp3) is 0.167. The van der Waals surface area contributed by atoms with Crippen LogP contribution in [0.1, 0.15) is 16.5 Å². The van der Waals surface area contributed by atoms with Crippen molar-refractivity contribution in [2.45, 2.75) is 12.5 Å². The third-order valence-electron chi connectivity index (χ3n) is 2.37. The number of nitrogens with two attached hydrogens (primary N) is 1. The summed E-state index contributed by atoms with van der Waals surface area (Å²) in [5.74, 6) is 0. The van der Waals surface area contributed by atoms with Crippen LogP contribution in [0.3, 0.4) is 0 Å². The van der Waals surface area contributed by atoms with Crippen LogP contribution in [0.15, 0.2) is 34.1 Å². The van der Waals surface area contributed by atoms with Gasteiger partial charge in [0.25, 0.3) is 0 Å². The van der Waals surface area contributed by atoms with Gasteiger partial charge in [-0.3, -0.25) is 0 Å². The van der Waals surface area contributed by atoms with Crippen molar-refractivity contribution < 1.29 is 0 Å². The van der Waals surface area contributed by atoms with Gasteiger partial charge in [-0.1, -0.05) is 35.3 Å². The molecule has 0 saturated heterocycles. The van der Waals surface area contributed by atoms with Crippen molar-refractivity contribution in [3.63, 3.8) is 0 Å². The van der Waals surface area contributed by atoms with E-state index in [-0.39, 0.29) is 6.04 Å². The fourth-order valence-electron chi connectivity index (χ4n) is 1.56. The monoisotopic (exact) mass is 349 g/mol. The molecule has 17 heavy (non-hydrogen) atoms. The van der Waals surface area contributed by atoms with E-state index in [9.17, 15) is 0 Å². The van der Waals surface area contributed by atoms with Crippen molar-refractivity contribution >= 4 is 50.5 Å². The van der Waals surface area contributed by atoms with Crippen molar-refractivity contribution in [2.24, 2.45) is 5.73 Å². The third-order valence-corrected chi connectivity index (χ3v) is 5.22. The van der Waals surface area contributed by atoms with Gasteiger partial charge in [-0.25, -0.2) is 0 Å². The van der Waals surface area contributed by atoms with Crippen LogP contribution >= 0.6 is 50.5 Å². The Kier molecular flexibility index (Phi) is 4.50. The van der Waals surface area contributed by atoms with Crippen LogP contribution in [0.5, 0.6) is 0 Å². The molecule has 1 unspecified atom stereocenters. The SMILES string of the molecule is NC(Cc1cccc(Cl)c1)c1cc(Cl)c(Br)s1. The van der Waals surface area contributed by atoms with Gasteiger partial charge in [0.05, 0.1) is 8.81 Å². The predicted octanol–water partition coefficient (Wildman–Crippen LogP) is 5.06. The van der Waals surface area contributed by atoms with Crippen LogP contribution in [0.2, 0.25) is 10.0 Å². The first-order chi connectivity index (χ1) is 8.06. The molecule has 1 aromatic carbocycles. The smallest absolute Gasteiger partial charge is 0.0887 e. The summed E-state index contributed by atoms with van der Waals surface area (Å²) in [5, 5.41) is 1.45. The molecule has 0 bridgehead atoms. The van der Waals surface area contributed by atoms with Gasteiger partial charge in [0.15, 0.2) is 0 Å². The summed E-state index contributed by atoms with van der Waals surface area (Å²) in [6.07, 6.45) is 0.754. The van der Waals surface area contributed by atoms with E-state index in [0.717, 1.165) is 25.7 Å².